The first-order valence-corrected chi connectivity index (χ1v) is 7.84. The number of aliphatic hydroxyl groups is 1. The summed E-state index contributed by atoms with van der Waals surface area (Å²) in [4.78, 5) is 2.26. The van der Waals surface area contributed by atoms with E-state index in [0.29, 0.717) is 6.54 Å². The first kappa shape index (κ1) is 15.9. The van der Waals surface area contributed by atoms with E-state index in [2.05, 4.69) is 20.4 Å². The highest BCUT2D eigenvalue weighted by Crippen LogP contribution is 2.35. The Hall–Kier alpha value is -1.99. The zero-order valence-corrected chi connectivity index (χ0v) is 13.8. The topological polar surface area (TPSA) is 76.3 Å². The van der Waals surface area contributed by atoms with Gasteiger partial charge in [0.15, 0.2) is 5.82 Å². The zero-order chi connectivity index (χ0) is 16.4. The average molecular weight is 317 g/mol. The van der Waals surface area contributed by atoms with Gasteiger partial charge >= 0.3 is 0 Å². The molecule has 1 aliphatic heterocycles. The molecule has 0 radical (unpaired) electrons. The van der Waals surface area contributed by atoms with Crippen molar-refractivity contribution < 1.29 is 9.84 Å². The van der Waals surface area contributed by atoms with Crippen LogP contribution in [0.3, 0.4) is 0 Å². The fourth-order valence-corrected chi connectivity index (χ4v) is 3.34. The molecule has 1 N–H and O–H groups in total. The number of aromatic nitrogens is 4. The summed E-state index contributed by atoms with van der Waals surface area (Å²) in [6, 6.07) is 7.66. The lowest BCUT2D eigenvalue weighted by Crippen LogP contribution is -2.45. The largest absolute Gasteiger partial charge is 0.497 e. The van der Waals surface area contributed by atoms with Gasteiger partial charge in [0.25, 0.3) is 0 Å². The summed E-state index contributed by atoms with van der Waals surface area (Å²) in [6.45, 7) is 3.46. The maximum absolute atomic E-state index is 11.2. The van der Waals surface area contributed by atoms with Crippen LogP contribution in [0.4, 0.5) is 0 Å². The lowest BCUT2D eigenvalue weighted by molar-refractivity contribution is -0.0264. The summed E-state index contributed by atoms with van der Waals surface area (Å²) in [7, 11) is 3.48. The van der Waals surface area contributed by atoms with Crippen molar-refractivity contribution in [1.82, 2.24) is 25.1 Å². The zero-order valence-electron chi connectivity index (χ0n) is 13.8. The van der Waals surface area contributed by atoms with Gasteiger partial charge in [-0.3, -0.25) is 4.90 Å². The first-order valence-electron chi connectivity index (χ1n) is 7.84. The van der Waals surface area contributed by atoms with Gasteiger partial charge in [-0.15, -0.1) is 5.10 Å². The Labute approximate surface area is 135 Å². The minimum atomic E-state index is -0.936. The number of methoxy groups -OCH3 is 1. The predicted molar refractivity (Wildman–Crippen MR) is 84.8 cm³/mol. The van der Waals surface area contributed by atoms with Crippen LogP contribution in [0.15, 0.2) is 24.3 Å². The molecule has 7 heteroatoms. The molecule has 2 heterocycles. The van der Waals surface area contributed by atoms with E-state index in [-0.39, 0.29) is 6.04 Å². The van der Waals surface area contributed by atoms with E-state index in [1.54, 1.807) is 11.8 Å². The molecule has 7 nitrogen and oxygen atoms in total. The van der Waals surface area contributed by atoms with Gasteiger partial charge in [0.1, 0.15) is 11.4 Å². The van der Waals surface area contributed by atoms with Gasteiger partial charge in [0.2, 0.25) is 0 Å². The molecule has 3 rings (SSSR count). The lowest BCUT2D eigenvalue weighted by atomic mass is 9.86. The molecule has 0 aliphatic carbocycles. The van der Waals surface area contributed by atoms with Gasteiger partial charge < -0.3 is 9.84 Å². The van der Waals surface area contributed by atoms with E-state index in [1.165, 1.54) is 0 Å². The summed E-state index contributed by atoms with van der Waals surface area (Å²) in [5, 5.41) is 22.8. The number of aryl methyl sites for hydroxylation is 1. The van der Waals surface area contributed by atoms with Crippen LogP contribution >= 0.6 is 0 Å². The van der Waals surface area contributed by atoms with E-state index >= 15 is 0 Å². The molecule has 0 spiro atoms. The number of ether oxygens (including phenoxy) is 1. The molecule has 2 aromatic rings. The maximum atomic E-state index is 11.2. The van der Waals surface area contributed by atoms with E-state index in [1.807, 2.05) is 38.2 Å². The SMILES string of the molecule is COc1ccc([C@](C)(O)[C@H]2CCCN2Cc2nnnn2C)cc1. The minimum Gasteiger partial charge on any atom is -0.497 e. The van der Waals surface area contributed by atoms with E-state index < -0.39 is 5.60 Å². The Morgan fingerprint density at radius 1 is 1.35 bits per heavy atom. The third-order valence-corrected chi connectivity index (χ3v) is 4.74. The monoisotopic (exact) mass is 317 g/mol. The molecular weight excluding hydrogens is 294 g/mol. The van der Waals surface area contributed by atoms with E-state index in [4.69, 9.17) is 4.74 Å². The van der Waals surface area contributed by atoms with Gasteiger partial charge in [-0.2, -0.15) is 0 Å². The van der Waals surface area contributed by atoms with Crippen LogP contribution in [-0.2, 0) is 19.2 Å². The molecule has 1 fully saturated rings. The number of nitrogens with zero attached hydrogens (tertiary/aromatic N) is 5. The van der Waals surface area contributed by atoms with Crippen LogP contribution in [-0.4, -0.2) is 49.9 Å². The van der Waals surface area contributed by atoms with Gasteiger partial charge in [-0.05, 0) is 54.4 Å². The van der Waals surface area contributed by atoms with Gasteiger partial charge in [-0.1, -0.05) is 12.1 Å². The summed E-state index contributed by atoms with van der Waals surface area (Å²) in [5.74, 6) is 1.60. The van der Waals surface area contributed by atoms with E-state index in [0.717, 1.165) is 36.5 Å². The molecule has 1 aromatic carbocycles. The van der Waals surface area contributed by atoms with Crippen LogP contribution in [0.25, 0.3) is 0 Å². The Morgan fingerprint density at radius 2 is 2.09 bits per heavy atom. The summed E-state index contributed by atoms with van der Waals surface area (Å²) in [6.07, 6.45) is 2.01. The molecule has 1 aliphatic rings. The molecule has 1 aromatic heterocycles. The van der Waals surface area contributed by atoms with Crippen molar-refractivity contribution in [3.63, 3.8) is 0 Å². The van der Waals surface area contributed by atoms with Gasteiger partial charge in [-0.25, -0.2) is 4.68 Å². The van der Waals surface area contributed by atoms with E-state index in [9.17, 15) is 5.11 Å². The average Bonchev–Trinajstić information content (AvgIpc) is 3.18. The van der Waals surface area contributed by atoms with Crippen LogP contribution in [0.2, 0.25) is 0 Å². The third kappa shape index (κ3) is 3.07. The Kier molecular flexibility index (Phi) is 4.32. The Bertz CT molecular complexity index is 653. The fourth-order valence-electron chi connectivity index (χ4n) is 3.34. The number of likely N-dealkylation sites (tertiary alicyclic amines) is 1. The quantitative estimate of drug-likeness (QED) is 0.889. The number of hydrogen-bond acceptors (Lipinski definition) is 6. The van der Waals surface area contributed by atoms with Crippen LogP contribution < -0.4 is 4.74 Å². The molecule has 2 atom stereocenters. The van der Waals surface area contributed by atoms with Crippen molar-refractivity contribution >= 4 is 0 Å². The molecular formula is C16H23N5O2. The second-order valence-corrected chi connectivity index (χ2v) is 6.22. The number of tetrazole rings is 1. The highest BCUT2D eigenvalue weighted by atomic mass is 16.5. The minimum absolute atomic E-state index is 0.0348. The second-order valence-electron chi connectivity index (χ2n) is 6.22. The molecule has 1 saturated heterocycles. The van der Waals surface area contributed by atoms with Crippen molar-refractivity contribution in [3.8, 4) is 5.75 Å². The first-order chi connectivity index (χ1) is 11.0. The molecule has 124 valence electrons. The van der Waals surface area contributed by atoms with Gasteiger partial charge in [0.05, 0.1) is 13.7 Å². The van der Waals surface area contributed by atoms with Crippen molar-refractivity contribution in [3.05, 3.63) is 35.7 Å². The molecule has 0 amide bonds. The van der Waals surface area contributed by atoms with Crippen molar-refractivity contribution in [2.24, 2.45) is 7.05 Å². The van der Waals surface area contributed by atoms with Crippen LogP contribution in [0, 0.1) is 0 Å². The molecule has 0 saturated carbocycles. The standard InChI is InChI=1S/C16H23N5O2/c1-16(22,12-6-8-13(23-3)9-7-12)14-5-4-10-21(14)11-15-17-18-19-20(15)2/h6-9,14,22H,4-5,10-11H2,1-3H3/t14-,16+/m1/s1. The lowest BCUT2D eigenvalue weighted by Gasteiger charge is -2.36. The molecule has 23 heavy (non-hydrogen) atoms. The number of hydrogen-bond donors (Lipinski definition) is 1. The Morgan fingerprint density at radius 3 is 2.70 bits per heavy atom. The predicted octanol–water partition coefficient (Wildman–Crippen LogP) is 1.09. The van der Waals surface area contributed by atoms with Crippen LogP contribution in [0.1, 0.15) is 31.2 Å². The number of benzene rings is 1. The number of rotatable bonds is 5. The summed E-state index contributed by atoms with van der Waals surface area (Å²) < 4.78 is 6.87. The molecule has 0 bridgehead atoms. The fraction of sp³-hybridized carbons (Fsp3) is 0.562. The third-order valence-electron chi connectivity index (χ3n) is 4.74. The van der Waals surface area contributed by atoms with Crippen molar-refractivity contribution in [1.29, 1.82) is 0 Å². The highest BCUT2D eigenvalue weighted by molar-refractivity contribution is 5.31. The highest BCUT2D eigenvalue weighted by Gasteiger charge is 2.40. The summed E-state index contributed by atoms with van der Waals surface area (Å²) in [5.41, 5.74) is -0.0410. The van der Waals surface area contributed by atoms with Crippen molar-refractivity contribution in [2.45, 2.75) is 38.0 Å². The Balaban J connectivity index is 1.80. The summed E-state index contributed by atoms with van der Waals surface area (Å²) >= 11 is 0. The smallest absolute Gasteiger partial charge is 0.164 e. The van der Waals surface area contributed by atoms with Crippen molar-refractivity contribution in [2.75, 3.05) is 13.7 Å². The normalized spacial score (nSPS) is 21.3. The maximum Gasteiger partial charge on any atom is 0.164 e. The van der Waals surface area contributed by atoms with Gasteiger partial charge in [0, 0.05) is 13.1 Å². The second kappa shape index (κ2) is 6.25. The molecule has 0 unspecified atom stereocenters. The van der Waals surface area contributed by atoms with Crippen LogP contribution in [0.5, 0.6) is 5.75 Å².